The number of carboxylic acids is 1. The van der Waals surface area contributed by atoms with Crippen molar-refractivity contribution in [1.29, 1.82) is 0 Å². The zero-order chi connectivity index (χ0) is 12.3. The van der Waals surface area contributed by atoms with Crippen LogP contribution in [-0.4, -0.2) is 21.8 Å². The molecule has 17 heavy (non-hydrogen) atoms. The third kappa shape index (κ3) is 2.82. The maximum absolute atomic E-state index is 10.8. The van der Waals surface area contributed by atoms with Gasteiger partial charge >= 0.3 is 5.97 Å². The van der Waals surface area contributed by atoms with Crippen molar-refractivity contribution in [2.24, 2.45) is 0 Å². The molecule has 3 heteroatoms. The molecule has 2 N–H and O–H groups in total. The van der Waals surface area contributed by atoms with E-state index in [0.717, 1.165) is 5.56 Å². The Morgan fingerprint density at radius 2 is 2.18 bits per heavy atom. The van der Waals surface area contributed by atoms with Crippen LogP contribution in [0.25, 0.3) is 0 Å². The molecule has 0 aliphatic heterocycles. The van der Waals surface area contributed by atoms with Crippen molar-refractivity contribution in [2.75, 3.05) is 0 Å². The molecule has 0 heterocycles. The number of allylic oxidation sites excluding steroid dienone is 2. The maximum atomic E-state index is 10.8. The Morgan fingerprint density at radius 1 is 1.35 bits per heavy atom. The highest BCUT2D eigenvalue weighted by Gasteiger charge is 2.23. The Balaban J connectivity index is 2.18. The summed E-state index contributed by atoms with van der Waals surface area (Å²) in [6.45, 7) is 0. The standard InChI is InChI=1S/C14H14O3/c15-13(16)12-6-4-5-11(9-12)10-14(17)7-2-1-3-8-14/h1-7,9,17H,8,10H2,(H,15,16). The van der Waals surface area contributed by atoms with Crippen LogP contribution in [0.1, 0.15) is 22.3 Å². The summed E-state index contributed by atoms with van der Waals surface area (Å²) >= 11 is 0. The Labute approximate surface area is 99.7 Å². The van der Waals surface area contributed by atoms with Crippen molar-refractivity contribution in [3.8, 4) is 0 Å². The van der Waals surface area contributed by atoms with Gasteiger partial charge in [0.25, 0.3) is 0 Å². The number of hydrogen-bond donors (Lipinski definition) is 2. The van der Waals surface area contributed by atoms with Gasteiger partial charge in [0.15, 0.2) is 0 Å². The van der Waals surface area contributed by atoms with Crippen LogP contribution in [-0.2, 0) is 6.42 Å². The second kappa shape index (κ2) is 4.55. The summed E-state index contributed by atoms with van der Waals surface area (Å²) in [7, 11) is 0. The predicted molar refractivity (Wildman–Crippen MR) is 65.0 cm³/mol. The first kappa shape index (κ1) is 11.6. The molecular formula is C14H14O3. The second-order valence-electron chi connectivity index (χ2n) is 4.28. The quantitative estimate of drug-likeness (QED) is 0.836. The van der Waals surface area contributed by atoms with Crippen LogP contribution in [0.5, 0.6) is 0 Å². The summed E-state index contributed by atoms with van der Waals surface area (Å²) in [5.74, 6) is -0.946. The van der Waals surface area contributed by atoms with Gasteiger partial charge in [-0.3, -0.25) is 0 Å². The second-order valence-corrected chi connectivity index (χ2v) is 4.28. The van der Waals surface area contributed by atoms with Crippen LogP contribution in [0.15, 0.2) is 48.6 Å². The molecule has 88 valence electrons. The number of aromatic carboxylic acids is 1. The summed E-state index contributed by atoms with van der Waals surface area (Å²) < 4.78 is 0. The minimum atomic E-state index is -0.946. The van der Waals surface area contributed by atoms with Gasteiger partial charge in [0.05, 0.1) is 11.2 Å². The molecule has 2 rings (SSSR count). The Bertz CT molecular complexity index is 488. The third-order valence-electron chi connectivity index (χ3n) is 2.81. The molecule has 0 radical (unpaired) electrons. The third-order valence-corrected chi connectivity index (χ3v) is 2.81. The van der Waals surface area contributed by atoms with Crippen molar-refractivity contribution >= 4 is 5.97 Å². The number of benzene rings is 1. The van der Waals surface area contributed by atoms with E-state index in [1.165, 1.54) is 0 Å². The van der Waals surface area contributed by atoms with Gasteiger partial charge in [-0.05, 0) is 24.1 Å². The summed E-state index contributed by atoms with van der Waals surface area (Å²) in [4.78, 5) is 10.8. The molecule has 0 saturated carbocycles. The summed E-state index contributed by atoms with van der Waals surface area (Å²) in [6, 6.07) is 6.68. The van der Waals surface area contributed by atoms with Crippen molar-refractivity contribution < 1.29 is 15.0 Å². The van der Waals surface area contributed by atoms with Crippen LogP contribution in [0.3, 0.4) is 0 Å². The highest BCUT2D eigenvalue weighted by molar-refractivity contribution is 5.87. The lowest BCUT2D eigenvalue weighted by atomic mass is 9.88. The van der Waals surface area contributed by atoms with Crippen LogP contribution < -0.4 is 0 Å². The van der Waals surface area contributed by atoms with Crippen molar-refractivity contribution in [2.45, 2.75) is 18.4 Å². The monoisotopic (exact) mass is 230 g/mol. The lowest BCUT2D eigenvalue weighted by molar-refractivity contribution is 0.0695. The molecule has 1 atom stereocenters. The molecule has 0 amide bonds. The van der Waals surface area contributed by atoms with Gasteiger partial charge in [-0.15, -0.1) is 0 Å². The van der Waals surface area contributed by atoms with Crippen molar-refractivity contribution in [3.63, 3.8) is 0 Å². The van der Waals surface area contributed by atoms with E-state index in [0.29, 0.717) is 12.8 Å². The lowest BCUT2D eigenvalue weighted by Crippen LogP contribution is -2.29. The van der Waals surface area contributed by atoms with Crippen LogP contribution in [0.2, 0.25) is 0 Å². The fourth-order valence-electron chi connectivity index (χ4n) is 1.95. The number of carbonyl (C=O) groups is 1. The first-order valence-electron chi connectivity index (χ1n) is 5.48. The normalized spacial score (nSPS) is 22.6. The average molecular weight is 230 g/mol. The molecule has 1 aliphatic carbocycles. The number of aliphatic hydroxyl groups is 1. The topological polar surface area (TPSA) is 57.5 Å². The largest absolute Gasteiger partial charge is 0.478 e. The minimum Gasteiger partial charge on any atom is -0.478 e. The molecular weight excluding hydrogens is 216 g/mol. The van der Waals surface area contributed by atoms with Crippen molar-refractivity contribution in [3.05, 3.63) is 59.7 Å². The maximum Gasteiger partial charge on any atom is 0.335 e. The molecule has 0 spiro atoms. The van der Waals surface area contributed by atoms with Crippen molar-refractivity contribution in [1.82, 2.24) is 0 Å². The van der Waals surface area contributed by atoms with Gasteiger partial charge in [0.2, 0.25) is 0 Å². The fraction of sp³-hybridized carbons (Fsp3) is 0.214. The molecule has 1 aliphatic rings. The molecule has 0 saturated heterocycles. The molecule has 0 aromatic heterocycles. The van der Waals surface area contributed by atoms with Gasteiger partial charge in [-0.2, -0.15) is 0 Å². The SMILES string of the molecule is O=C(O)c1cccc(CC2(O)C=CC=CC2)c1. The van der Waals surface area contributed by atoms with E-state index in [1.54, 1.807) is 24.3 Å². The van der Waals surface area contributed by atoms with E-state index in [4.69, 9.17) is 5.11 Å². The first-order chi connectivity index (χ1) is 8.09. The molecule has 1 unspecified atom stereocenters. The van der Waals surface area contributed by atoms with Gasteiger partial charge in [-0.25, -0.2) is 4.79 Å². The van der Waals surface area contributed by atoms with Crippen LogP contribution in [0.4, 0.5) is 0 Å². The number of hydrogen-bond acceptors (Lipinski definition) is 2. The average Bonchev–Trinajstić information content (AvgIpc) is 2.29. The molecule has 0 bridgehead atoms. The van der Waals surface area contributed by atoms with E-state index in [-0.39, 0.29) is 5.56 Å². The Hall–Kier alpha value is -1.87. The van der Waals surface area contributed by atoms with Gasteiger partial charge in [0.1, 0.15) is 0 Å². The number of rotatable bonds is 3. The highest BCUT2D eigenvalue weighted by atomic mass is 16.4. The van der Waals surface area contributed by atoms with Crippen LogP contribution >= 0.6 is 0 Å². The van der Waals surface area contributed by atoms with E-state index in [2.05, 4.69) is 0 Å². The first-order valence-corrected chi connectivity index (χ1v) is 5.48. The smallest absolute Gasteiger partial charge is 0.335 e. The van der Waals surface area contributed by atoms with Crippen LogP contribution in [0, 0.1) is 0 Å². The lowest BCUT2D eigenvalue weighted by Gasteiger charge is -2.25. The summed E-state index contributed by atoms with van der Waals surface area (Å²) in [5.41, 5.74) is 0.181. The Kier molecular flexibility index (Phi) is 3.11. The molecule has 3 nitrogen and oxygen atoms in total. The molecule has 1 aromatic rings. The zero-order valence-electron chi connectivity index (χ0n) is 9.34. The van der Waals surface area contributed by atoms with E-state index in [1.807, 2.05) is 24.3 Å². The molecule has 0 fully saturated rings. The highest BCUT2D eigenvalue weighted by Crippen LogP contribution is 2.23. The van der Waals surface area contributed by atoms with Gasteiger partial charge in [0, 0.05) is 6.42 Å². The fourth-order valence-corrected chi connectivity index (χ4v) is 1.95. The summed E-state index contributed by atoms with van der Waals surface area (Å²) in [6.07, 6.45) is 8.34. The van der Waals surface area contributed by atoms with E-state index < -0.39 is 11.6 Å². The minimum absolute atomic E-state index is 0.251. The number of carboxylic acid groups (broad SMARTS) is 1. The van der Waals surface area contributed by atoms with Gasteiger partial charge < -0.3 is 10.2 Å². The van der Waals surface area contributed by atoms with Gasteiger partial charge in [-0.1, -0.05) is 36.4 Å². The Morgan fingerprint density at radius 3 is 2.82 bits per heavy atom. The van der Waals surface area contributed by atoms with E-state index in [9.17, 15) is 9.90 Å². The molecule has 1 aromatic carbocycles. The summed E-state index contributed by atoms with van der Waals surface area (Å²) in [5, 5.41) is 19.2. The van der Waals surface area contributed by atoms with E-state index >= 15 is 0 Å². The zero-order valence-corrected chi connectivity index (χ0v) is 9.34. The predicted octanol–water partition coefficient (Wildman–Crippen LogP) is 2.17.